The summed E-state index contributed by atoms with van der Waals surface area (Å²) in [7, 11) is 1.78. The molecule has 30 heavy (non-hydrogen) atoms. The van der Waals surface area contributed by atoms with Gasteiger partial charge in [0.25, 0.3) is 0 Å². The van der Waals surface area contributed by atoms with Crippen LogP contribution in [0.4, 0.5) is 0 Å². The Hall–Kier alpha value is -2.20. The number of guanidine groups is 1. The van der Waals surface area contributed by atoms with Crippen molar-refractivity contribution in [1.29, 1.82) is 0 Å². The van der Waals surface area contributed by atoms with Crippen molar-refractivity contribution >= 4 is 35.6 Å². The number of ether oxygens (including phenoxy) is 1. The van der Waals surface area contributed by atoms with Gasteiger partial charge in [0.15, 0.2) is 17.4 Å². The molecule has 8 heteroatoms. The molecule has 0 bridgehead atoms. The molecule has 160 valence electrons. The van der Waals surface area contributed by atoms with Gasteiger partial charge in [0.05, 0.1) is 12.6 Å². The number of aromatic nitrogens is 3. The molecule has 1 fully saturated rings. The second-order valence-electron chi connectivity index (χ2n) is 7.46. The summed E-state index contributed by atoms with van der Waals surface area (Å²) in [5.74, 6) is 2.01. The fourth-order valence-corrected chi connectivity index (χ4v) is 3.80. The summed E-state index contributed by atoms with van der Waals surface area (Å²) in [5, 5.41) is 15.2. The normalized spacial score (nSPS) is 19.3. The van der Waals surface area contributed by atoms with Crippen molar-refractivity contribution in [3.63, 3.8) is 0 Å². The summed E-state index contributed by atoms with van der Waals surface area (Å²) in [5.41, 5.74) is 3.36. The molecular formula is C22H29IN6O. The first-order valence-corrected chi connectivity index (χ1v) is 10.2. The van der Waals surface area contributed by atoms with Gasteiger partial charge in [-0.1, -0.05) is 35.9 Å². The van der Waals surface area contributed by atoms with E-state index in [1.54, 1.807) is 7.05 Å². The zero-order valence-corrected chi connectivity index (χ0v) is 19.7. The number of halogens is 1. The Morgan fingerprint density at radius 3 is 2.80 bits per heavy atom. The molecule has 2 unspecified atom stereocenters. The summed E-state index contributed by atoms with van der Waals surface area (Å²) in [6, 6.07) is 14.5. The Bertz CT molecular complexity index is 971. The topological polar surface area (TPSA) is 75.8 Å². The molecule has 4 rings (SSSR count). The molecule has 2 aromatic heterocycles. The molecule has 2 N–H and O–H groups in total. The molecule has 1 aromatic carbocycles. The van der Waals surface area contributed by atoms with Crippen LogP contribution in [0, 0.1) is 12.8 Å². The summed E-state index contributed by atoms with van der Waals surface area (Å²) < 4.78 is 8.10. The highest BCUT2D eigenvalue weighted by molar-refractivity contribution is 14.0. The predicted octanol–water partition coefficient (Wildman–Crippen LogP) is 3.49. The SMILES string of the molecule is CN=C(NCc1nnc2ccccn12)NCC1CCCOC1c1ccc(C)cc1.I. The van der Waals surface area contributed by atoms with Crippen molar-refractivity contribution in [2.75, 3.05) is 20.2 Å². The molecule has 3 heterocycles. The number of rotatable bonds is 5. The average Bonchev–Trinajstić information content (AvgIpc) is 3.18. The lowest BCUT2D eigenvalue weighted by Gasteiger charge is -2.32. The van der Waals surface area contributed by atoms with E-state index in [0.717, 1.165) is 43.4 Å². The minimum Gasteiger partial charge on any atom is -0.373 e. The Kier molecular flexibility index (Phi) is 8.03. The molecule has 0 amide bonds. The van der Waals surface area contributed by atoms with E-state index >= 15 is 0 Å². The number of fused-ring (bicyclic) bond motifs is 1. The van der Waals surface area contributed by atoms with Gasteiger partial charge in [0.1, 0.15) is 0 Å². The standard InChI is InChI=1S/C22H28N6O.HI/c1-16-8-10-17(11-9-16)21-18(6-5-13-29-21)14-24-22(23-2)25-15-20-27-26-19-7-3-4-12-28(19)20;/h3-4,7-12,18,21H,5-6,13-15H2,1-2H3,(H2,23,24,25);1H. The smallest absolute Gasteiger partial charge is 0.191 e. The van der Waals surface area contributed by atoms with E-state index in [9.17, 15) is 0 Å². The second kappa shape index (κ2) is 10.7. The molecule has 1 aliphatic heterocycles. The highest BCUT2D eigenvalue weighted by Crippen LogP contribution is 2.33. The number of pyridine rings is 1. The first-order valence-electron chi connectivity index (χ1n) is 10.2. The molecule has 0 aliphatic carbocycles. The van der Waals surface area contributed by atoms with Crippen LogP contribution in [-0.2, 0) is 11.3 Å². The molecule has 3 aromatic rings. The van der Waals surface area contributed by atoms with E-state index in [2.05, 4.69) is 57.0 Å². The minimum absolute atomic E-state index is 0. The molecular weight excluding hydrogens is 491 g/mol. The van der Waals surface area contributed by atoms with Gasteiger partial charge in [-0.25, -0.2) is 0 Å². The van der Waals surface area contributed by atoms with E-state index in [-0.39, 0.29) is 30.1 Å². The van der Waals surface area contributed by atoms with Gasteiger partial charge in [-0.3, -0.25) is 9.39 Å². The third-order valence-corrected chi connectivity index (χ3v) is 5.40. The second-order valence-corrected chi connectivity index (χ2v) is 7.46. The van der Waals surface area contributed by atoms with E-state index in [0.29, 0.717) is 12.5 Å². The zero-order chi connectivity index (χ0) is 20.1. The van der Waals surface area contributed by atoms with Crippen LogP contribution >= 0.6 is 24.0 Å². The number of nitrogens with one attached hydrogen (secondary N) is 2. The van der Waals surface area contributed by atoms with Crippen LogP contribution in [0.2, 0.25) is 0 Å². The first-order chi connectivity index (χ1) is 14.2. The lowest BCUT2D eigenvalue weighted by Crippen LogP contribution is -2.41. The highest BCUT2D eigenvalue weighted by atomic mass is 127. The van der Waals surface area contributed by atoms with Crippen molar-refractivity contribution in [3.05, 3.63) is 65.6 Å². The minimum atomic E-state index is 0. The third-order valence-electron chi connectivity index (χ3n) is 5.40. The van der Waals surface area contributed by atoms with Gasteiger partial charge in [0, 0.05) is 32.3 Å². The average molecular weight is 520 g/mol. The molecule has 0 saturated carbocycles. The van der Waals surface area contributed by atoms with Crippen molar-refractivity contribution in [1.82, 2.24) is 25.2 Å². The maximum absolute atomic E-state index is 6.13. The molecule has 7 nitrogen and oxygen atoms in total. The van der Waals surface area contributed by atoms with Crippen molar-refractivity contribution in [2.24, 2.45) is 10.9 Å². The van der Waals surface area contributed by atoms with E-state index in [1.807, 2.05) is 28.8 Å². The largest absolute Gasteiger partial charge is 0.373 e. The lowest BCUT2D eigenvalue weighted by molar-refractivity contribution is -0.0265. The van der Waals surface area contributed by atoms with Crippen molar-refractivity contribution < 1.29 is 4.74 Å². The van der Waals surface area contributed by atoms with Gasteiger partial charge < -0.3 is 15.4 Å². The van der Waals surface area contributed by atoms with Gasteiger partial charge >= 0.3 is 0 Å². The number of benzene rings is 1. The van der Waals surface area contributed by atoms with Gasteiger partial charge in [-0.2, -0.15) is 0 Å². The van der Waals surface area contributed by atoms with Crippen molar-refractivity contribution in [3.8, 4) is 0 Å². The zero-order valence-electron chi connectivity index (χ0n) is 17.4. The number of hydrogen-bond acceptors (Lipinski definition) is 4. The molecule has 2 atom stereocenters. The fraction of sp³-hybridized carbons (Fsp3) is 0.409. The Morgan fingerprint density at radius 2 is 2.00 bits per heavy atom. The van der Waals surface area contributed by atoms with Crippen molar-refractivity contribution in [2.45, 2.75) is 32.4 Å². The monoisotopic (exact) mass is 520 g/mol. The van der Waals surface area contributed by atoms with Gasteiger partial charge in [0.2, 0.25) is 0 Å². The summed E-state index contributed by atoms with van der Waals surface area (Å²) in [6.45, 7) is 4.28. The number of aryl methyl sites for hydroxylation is 1. The van der Waals surface area contributed by atoms with Crippen LogP contribution in [0.3, 0.4) is 0 Å². The van der Waals surface area contributed by atoms with Crippen LogP contribution < -0.4 is 10.6 Å². The number of aliphatic imine (C=N–C) groups is 1. The van der Waals surface area contributed by atoms with Gasteiger partial charge in [-0.05, 0) is 37.5 Å². The Labute approximate surface area is 194 Å². The maximum atomic E-state index is 6.13. The summed E-state index contributed by atoms with van der Waals surface area (Å²) in [6.07, 6.45) is 4.31. The quantitative estimate of drug-likeness (QED) is 0.306. The molecule has 0 radical (unpaired) electrons. The first kappa shape index (κ1) is 22.5. The third kappa shape index (κ3) is 5.28. The number of hydrogen-bond donors (Lipinski definition) is 2. The summed E-state index contributed by atoms with van der Waals surface area (Å²) >= 11 is 0. The van der Waals surface area contributed by atoms with E-state index in [4.69, 9.17) is 4.74 Å². The fourth-order valence-electron chi connectivity index (χ4n) is 3.80. The van der Waals surface area contributed by atoms with Crippen LogP contribution in [-0.4, -0.2) is 40.8 Å². The molecule has 0 spiro atoms. The van der Waals surface area contributed by atoms with E-state index < -0.39 is 0 Å². The van der Waals surface area contributed by atoms with Gasteiger partial charge in [-0.15, -0.1) is 34.2 Å². The van der Waals surface area contributed by atoms with Crippen LogP contribution in [0.15, 0.2) is 53.7 Å². The molecule has 1 saturated heterocycles. The lowest BCUT2D eigenvalue weighted by atomic mass is 9.89. The predicted molar refractivity (Wildman–Crippen MR) is 129 cm³/mol. The Balaban J connectivity index is 0.00000256. The van der Waals surface area contributed by atoms with Crippen LogP contribution in [0.1, 0.15) is 35.9 Å². The Morgan fingerprint density at radius 1 is 1.17 bits per heavy atom. The van der Waals surface area contributed by atoms with E-state index in [1.165, 1.54) is 11.1 Å². The maximum Gasteiger partial charge on any atom is 0.191 e. The summed E-state index contributed by atoms with van der Waals surface area (Å²) in [4.78, 5) is 4.36. The number of nitrogens with zero attached hydrogens (tertiary/aromatic N) is 4. The van der Waals surface area contributed by atoms with Crippen LogP contribution in [0.25, 0.3) is 5.65 Å². The highest BCUT2D eigenvalue weighted by Gasteiger charge is 2.27. The molecule has 1 aliphatic rings. The van der Waals surface area contributed by atoms with Crippen LogP contribution in [0.5, 0.6) is 0 Å².